The Balaban J connectivity index is 2.55. The van der Waals surface area contributed by atoms with Crippen LogP contribution in [0.25, 0.3) is 0 Å². The summed E-state index contributed by atoms with van der Waals surface area (Å²) in [6, 6.07) is 0. The van der Waals surface area contributed by atoms with E-state index >= 15 is 0 Å². The summed E-state index contributed by atoms with van der Waals surface area (Å²) in [5.41, 5.74) is 3.11. The normalized spacial score (nSPS) is 19.8. The number of piperidine rings is 1. The molecule has 1 aliphatic heterocycles. The Bertz CT molecular complexity index is 372. The number of carboxylic acid groups (broad SMARTS) is 1. The van der Waals surface area contributed by atoms with Gasteiger partial charge < -0.3 is 20.5 Å². The Morgan fingerprint density at radius 1 is 1.19 bits per heavy atom. The number of carbonyl (C=O) groups excluding carboxylic acids is 1. The molecular weight excluding hydrogens is 272 g/mol. The molecule has 122 valence electrons. The molecule has 1 saturated heterocycles. The van der Waals surface area contributed by atoms with E-state index < -0.39 is 23.1 Å². The first-order chi connectivity index (χ1) is 9.65. The van der Waals surface area contributed by atoms with Crippen molar-refractivity contribution in [3.05, 3.63) is 0 Å². The molecule has 0 aliphatic carbocycles. The number of hydrogen-bond acceptors (Lipinski definition) is 5. The van der Waals surface area contributed by atoms with Gasteiger partial charge in [-0.15, -0.1) is 0 Å². The number of esters is 1. The lowest BCUT2D eigenvalue weighted by molar-refractivity contribution is -0.169. The molecule has 1 heterocycles. The second kappa shape index (κ2) is 7.22. The van der Waals surface area contributed by atoms with E-state index in [2.05, 4.69) is 4.90 Å². The van der Waals surface area contributed by atoms with Crippen molar-refractivity contribution >= 4 is 11.9 Å². The highest BCUT2D eigenvalue weighted by molar-refractivity contribution is 6.03. The molecule has 1 aliphatic rings. The molecule has 0 radical (unpaired) electrons. The predicted molar refractivity (Wildman–Crippen MR) is 79.9 cm³/mol. The summed E-state index contributed by atoms with van der Waals surface area (Å²) in [7, 11) is 0. The van der Waals surface area contributed by atoms with E-state index in [0.717, 1.165) is 19.6 Å². The summed E-state index contributed by atoms with van der Waals surface area (Å²) in [4.78, 5) is 25.7. The summed E-state index contributed by atoms with van der Waals surface area (Å²) >= 11 is 0. The number of nitrogens with two attached hydrogens (primary N) is 1. The summed E-state index contributed by atoms with van der Waals surface area (Å²) < 4.78 is 5.15. The molecule has 6 nitrogen and oxygen atoms in total. The number of nitrogens with zero attached hydrogens (tertiary/aromatic N) is 1. The third kappa shape index (κ3) is 5.63. The average Bonchev–Trinajstić information content (AvgIpc) is 2.37. The van der Waals surface area contributed by atoms with Crippen molar-refractivity contribution in [2.24, 2.45) is 5.73 Å². The van der Waals surface area contributed by atoms with Gasteiger partial charge in [-0.05, 0) is 66.1 Å². The van der Waals surface area contributed by atoms with Crippen LogP contribution in [0.5, 0.6) is 0 Å². The monoisotopic (exact) mass is 300 g/mol. The lowest BCUT2D eigenvalue weighted by atomic mass is 9.94. The van der Waals surface area contributed by atoms with Gasteiger partial charge in [0.05, 0.1) is 0 Å². The molecule has 1 rings (SSSR count). The first-order valence-electron chi connectivity index (χ1n) is 7.63. The largest absolute Gasteiger partial charge is 0.479 e. The molecule has 0 spiro atoms. The summed E-state index contributed by atoms with van der Waals surface area (Å²) in [5.74, 6) is -2.18. The molecule has 0 aromatic carbocycles. The minimum atomic E-state index is -1.96. The van der Waals surface area contributed by atoms with E-state index in [-0.39, 0.29) is 6.42 Å². The highest BCUT2D eigenvalue weighted by Crippen LogP contribution is 2.19. The summed E-state index contributed by atoms with van der Waals surface area (Å²) in [6.45, 7) is 7.94. The average molecular weight is 300 g/mol. The zero-order valence-electron chi connectivity index (χ0n) is 13.4. The van der Waals surface area contributed by atoms with Crippen molar-refractivity contribution in [3.8, 4) is 0 Å². The molecule has 0 aromatic rings. The standard InChI is InChI=1S/C15H28N2O4/c1-14(2,3)21-13(20)15(16,12(18)19)8-7-11-17-9-5-4-6-10-17/h4-11,16H2,1-3H3,(H,18,19)/t15-/m0/s1. The minimum Gasteiger partial charge on any atom is -0.479 e. The van der Waals surface area contributed by atoms with E-state index in [0.29, 0.717) is 6.42 Å². The van der Waals surface area contributed by atoms with Gasteiger partial charge in [-0.3, -0.25) is 0 Å². The van der Waals surface area contributed by atoms with Crippen LogP contribution in [0.3, 0.4) is 0 Å². The first-order valence-corrected chi connectivity index (χ1v) is 7.63. The van der Waals surface area contributed by atoms with E-state index in [4.69, 9.17) is 10.5 Å². The van der Waals surface area contributed by atoms with Gasteiger partial charge in [0.2, 0.25) is 5.54 Å². The summed E-state index contributed by atoms with van der Waals surface area (Å²) in [6.07, 6.45) is 4.28. The van der Waals surface area contributed by atoms with E-state index in [1.807, 2.05) is 0 Å². The number of hydrogen-bond donors (Lipinski definition) is 2. The molecule has 1 atom stereocenters. The lowest BCUT2D eigenvalue weighted by Crippen LogP contribution is -2.57. The van der Waals surface area contributed by atoms with Crippen LogP contribution in [0.15, 0.2) is 0 Å². The van der Waals surface area contributed by atoms with Gasteiger partial charge in [-0.25, -0.2) is 9.59 Å². The Kier molecular flexibility index (Phi) is 6.16. The van der Waals surface area contributed by atoms with Gasteiger partial charge in [-0.1, -0.05) is 6.42 Å². The molecule has 0 amide bonds. The first kappa shape index (κ1) is 17.9. The Labute approximate surface area is 126 Å². The van der Waals surface area contributed by atoms with Gasteiger partial charge in [-0.2, -0.15) is 0 Å². The third-order valence-corrected chi connectivity index (χ3v) is 3.64. The smallest absolute Gasteiger partial charge is 0.338 e. The Hall–Kier alpha value is -1.14. The second-order valence-corrected chi connectivity index (χ2v) is 6.78. The lowest BCUT2D eigenvalue weighted by Gasteiger charge is -2.30. The van der Waals surface area contributed by atoms with Crippen LogP contribution in [-0.4, -0.2) is 52.7 Å². The van der Waals surface area contributed by atoms with Crippen LogP contribution < -0.4 is 5.73 Å². The topological polar surface area (TPSA) is 92.9 Å². The van der Waals surface area contributed by atoms with Crippen LogP contribution in [0.2, 0.25) is 0 Å². The van der Waals surface area contributed by atoms with Crippen LogP contribution in [0.4, 0.5) is 0 Å². The van der Waals surface area contributed by atoms with Crippen molar-refractivity contribution in [1.82, 2.24) is 4.90 Å². The number of ether oxygens (including phenoxy) is 1. The number of aliphatic carboxylic acids is 1. The minimum absolute atomic E-state index is 0.0910. The van der Waals surface area contributed by atoms with Gasteiger partial charge >= 0.3 is 11.9 Å². The van der Waals surface area contributed by atoms with Gasteiger partial charge in [0.15, 0.2) is 0 Å². The number of rotatable bonds is 6. The molecule has 0 saturated carbocycles. The summed E-state index contributed by atoms with van der Waals surface area (Å²) in [5, 5.41) is 9.30. The van der Waals surface area contributed by atoms with Crippen LogP contribution in [-0.2, 0) is 14.3 Å². The Morgan fingerprint density at radius 3 is 2.24 bits per heavy atom. The molecule has 0 unspecified atom stereocenters. The fourth-order valence-electron chi connectivity index (χ4n) is 2.43. The molecular formula is C15H28N2O4. The fraction of sp³-hybridized carbons (Fsp3) is 0.867. The van der Waals surface area contributed by atoms with Crippen molar-refractivity contribution < 1.29 is 19.4 Å². The molecule has 6 heteroatoms. The third-order valence-electron chi connectivity index (χ3n) is 3.64. The highest BCUT2D eigenvalue weighted by Gasteiger charge is 2.45. The van der Waals surface area contributed by atoms with Crippen LogP contribution >= 0.6 is 0 Å². The maximum atomic E-state index is 12.1. The SMILES string of the molecule is CC(C)(C)OC(=O)[C@](N)(CCCN1CCCCC1)C(=O)O. The number of likely N-dealkylation sites (tertiary alicyclic amines) is 1. The van der Waals surface area contributed by atoms with Crippen molar-refractivity contribution in [1.29, 1.82) is 0 Å². The van der Waals surface area contributed by atoms with Crippen molar-refractivity contribution in [2.45, 2.75) is 64.0 Å². The van der Waals surface area contributed by atoms with Crippen molar-refractivity contribution in [3.63, 3.8) is 0 Å². The molecule has 0 aromatic heterocycles. The molecule has 21 heavy (non-hydrogen) atoms. The number of carboxylic acids is 1. The highest BCUT2D eigenvalue weighted by atomic mass is 16.6. The maximum Gasteiger partial charge on any atom is 0.338 e. The second-order valence-electron chi connectivity index (χ2n) is 6.78. The van der Waals surface area contributed by atoms with E-state index in [1.165, 1.54) is 19.3 Å². The van der Waals surface area contributed by atoms with Gasteiger partial charge in [0.25, 0.3) is 0 Å². The van der Waals surface area contributed by atoms with Gasteiger partial charge in [0.1, 0.15) is 5.60 Å². The maximum absolute atomic E-state index is 12.1. The molecule has 0 bridgehead atoms. The van der Waals surface area contributed by atoms with E-state index in [9.17, 15) is 14.7 Å². The van der Waals surface area contributed by atoms with Gasteiger partial charge in [0, 0.05) is 0 Å². The van der Waals surface area contributed by atoms with E-state index in [1.54, 1.807) is 20.8 Å². The van der Waals surface area contributed by atoms with Crippen LogP contribution in [0, 0.1) is 0 Å². The fourth-order valence-corrected chi connectivity index (χ4v) is 2.43. The zero-order valence-corrected chi connectivity index (χ0v) is 13.4. The predicted octanol–water partition coefficient (Wildman–Crippen LogP) is 1.38. The number of carbonyl (C=O) groups is 2. The Morgan fingerprint density at radius 2 is 1.76 bits per heavy atom. The quantitative estimate of drug-likeness (QED) is 0.568. The molecule has 1 fully saturated rings. The molecule has 3 N–H and O–H groups in total. The van der Waals surface area contributed by atoms with Crippen LogP contribution in [0.1, 0.15) is 52.9 Å². The van der Waals surface area contributed by atoms with Crippen molar-refractivity contribution in [2.75, 3.05) is 19.6 Å². The zero-order chi connectivity index (χ0) is 16.1.